The number of hydrogen-bond donors (Lipinski definition) is 2. The third kappa shape index (κ3) is 6.40. The first-order valence-corrected chi connectivity index (χ1v) is 12.8. The molecule has 1 aromatic carbocycles. The van der Waals surface area contributed by atoms with Crippen LogP contribution in [-0.2, 0) is 19.8 Å². The predicted molar refractivity (Wildman–Crippen MR) is 136 cm³/mol. The van der Waals surface area contributed by atoms with Crippen LogP contribution < -0.4 is 10.6 Å². The molecule has 4 rings (SSSR count). The second kappa shape index (κ2) is 11.4. The van der Waals surface area contributed by atoms with E-state index in [1.807, 2.05) is 0 Å². The summed E-state index contributed by atoms with van der Waals surface area (Å²) in [5.74, 6) is -5.79. The quantitative estimate of drug-likeness (QED) is 0.478. The second-order valence-corrected chi connectivity index (χ2v) is 10.6. The summed E-state index contributed by atoms with van der Waals surface area (Å²) in [5, 5.41) is 4.60. The lowest BCUT2D eigenvalue weighted by atomic mass is 9.75. The number of aromatic nitrogens is 2. The number of nitrogens with one attached hydrogen (secondary N) is 2. The third-order valence-electron chi connectivity index (χ3n) is 6.46. The number of ether oxygens (including phenoxy) is 2. The maximum atomic E-state index is 15.5. The Labute approximate surface area is 240 Å². The Morgan fingerprint density at radius 2 is 1.86 bits per heavy atom. The fraction of sp³-hybridized carbons (Fsp3) is 0.462. The van der Waals surface area contributed by atoms with Crippen LogP contribution in [-0.4, -0.2) is 69.8 Å². The Bertz CT molecular complexity index is 1450. The average molecular weight is 617 g/mol. The van der Waals surface area contributed by atoms with Gasteiger partial charge in [0.05, 0.1) is 19.0 Å². The van der Waals surface area contributed by atoms with Crippen molar-refractivity contribution in [2.75, 3.05) is 18.5 Å². The number of aliphatic imine (C=N–C) groups is 1. The summed E-state index contributed by atoms with van der Waals surface area (Å²) < 4.78 is 93.5. The zero-order valence-electron chi connectivity index (χ0n) is 23.1. The molecule has 1 fully saturated rings. The standard InChI is InChI=1S/C26H26F6N6O5/c1-5-38-21(40)17-18(26(30,31)32)42-11-25(17,37-22(38)36-23(41)43-24(2,3)4)13-8-12(6-7-14(13)27)35-20(39)16-10-33-15(9-34-16)19(28)29/h6-10,17-19H,5,11H2,1-4H3,(H,35,39)(H,36,37,41). The number of benzene rings is 1. The normalized spacial score (nSPS) is 22.3. The Hall–Kier alpha value is -4.28. The molecule has 0 spiro atoms. The predicted octanol–water partition coefficient (Wildman–Crippen LogP) is 4.32. The first-order valence-electron chi connectivity index (χ1n) is 12.8. The van der Waals surface area contributed by atoms with Crippen molar-refractivity contribution >= 4 is 29.6 Å². The minimum Gasteiger partial charge on any atom is -0.444 e. The zero-order valence-corrected chi connectivity index (χ0v) is 23.1. The first kappa shape index (κ1) is 31.7. The number of hydrogen-bond acceptors (Lipinski definition) is 8. The van der Waals surface area contributed by atoms with Gasteiger partial charge >= 0.3 is 12.3 Å². The number of carbonyl (C=O) groups excluding carboxylic acids is 3. The minimum absolute atomic E-state index is 0.160. The monoisotopic (exact) mass is 616 g/mol. The van der Waals surface area contributed by atoms with Crippen molar-refractivity contribution in [2.24, 2.45) is 10.9 Å². The van der Waals surface area contributed by atoms with Gasteiger partial charge in [0.15, 0.2) is 6.10 Å². The SMILES string of the molecule is CCN1C(=O)C2C(C(F)(F)F)OCC2(c2cc(NC(=O)c3cnc(C(F)F)cn3)ccc2F)N=C1NC(=O)OC(C)(C)C. The van der Waals surface area contributed by atoms with Crippen molar-refractivity contribution in [1.29, 1.82) is 0 Å². The van der Waals surface area contributed by atoms with E-state index >= 15 is 4.39 Å². The highest BCUT2D eigenvalue weighted by atomic mass is 19.4. The molecule has 2 aromatic rings. The molecule has 3 unspecified atom stereocenters. The Morgan fingerprint density at radius 1 is 1.16 bits per heavy atom. The number of rotatable bonds is 5. The van der Waals surface area contributed by atoms with Crippen molar-refractivity contribution in [2.45, 2.75) is 57.5 Å². The van der Waals surface area contributed by atoms with E-state index in [-0.39, 0.29) is 17.9 Å². The van der Waals surface area contributed by atoms with E-state index in [0.29, 0.717) is 6.20 Å². The molecule has 2 aliphatic rings. The van der Waals surface area contributed by atoms with Gasteiger partial charge in [0.25, 0.3) is 12.3 Å². The minimum atomic E-state index is -5.06. The molecule has 1 saturated heterocycles. The molecular weight excluding hydrogens is 590 g/mol. The van der Waals surface area contributed by atoms with E-state index in [0.717, 1.165) is 29.3 Å². The van der Waals surface area contributed by atoms with E-state index in [1.54, 1.807) is 20.8 Å². The number of alkyl halides is 5. The molecule has 3 heterocycles. The summed E-state index contributed by atoms with van der Waals surface area (Å²) in [6.45, 7) is 4.98. The molecule has 2 N–H and O–H groups in total. The van der Waals surface area contributed by atoms with Gasteiger partial charge in [0.2, 0.25) is 11.9 Å². The fourth-order valence-corrected chi connectivity index (χ4v) is 4.69. The highest BCUT2D eigenvalue weighted by molar-refractivity contribution is 6.06. The summed E-state index contributed by atoms with van der Waals surface area (Å²) in [7, 11) is 0. The van der Waals surface area contributed by atoms with Gasteiger partial charge in [-0.25, -0.2) is 27.9 Å². The van der Waals surface area contributed by atoms with Gasteiger partial charge in [-0.2, -0.15) is 13.2 Å². The molecule has 232 valence electrons. The average Bonchev–Trinajstić information content (AvgIpc) is 3.30. The van der Waals surface area contributed by atoms with Crippen LogP contribution in [0.15, 0.2) is 35.6 Å². The molecule has 43 heavy (non-hydrogen) atoms. The number of fused-ring (bicyclic) bond motifs is 1. The van der Waals surface area contributed by atoms with Crippen LogP contribution in [0.1, 0.15) is 55.9 Å². The lowest BCUT2D eigenvalue weighted by Crippen LogP contribution is -2.60. The van der Waals surface area contributed by atoms with E-state index in [4.69, 9.17) is 9.47 Å². The molecule has 3 amide bonds. The van der Waals surface area contributed by atoms with Crippen LogP contribution in [0, 0.1) is 11.7 Å². The smallest absolute Gasteiger partial charge is 0.415 e. The van der Waals surface area contributed by atoms with E-state index in [1.165, 1.54) is 6.92 Å². The number of anilines is 1. The van der Waals surface area contributed by atoms with E-state index in [9.17, 15) is 36.3 Å². The fourth-order valence-electron chi connectivity index (χ4n) is 4.69. The summed E-state index contributed by atoms with van der Waals surface area (Å²) in [5.41, 5.74) is -5.09. The van der Waals surface area contributed by atoms with Crippen LogP contribution in [0.5, 0.6) is 0 Å². The number of nitrogens with zero attached hydrogens (tertiary/aromatic N) is 4. The zero-order chi connectivity index (χ0) is 31.9. The van der Waals surface area contributed by atoms with Gasteiger partial charge in [-0.15, -0.1) is 0 Å². The molecule has 17 heteroatoms. The van der Waals surface area contributed by atoms with E-state index < -0.39 is 83.3 Å². The number of halogens is 6. The molecular formula is C26H26F6N6O5. The maximum absolute atomic E-state index is 15.5. The van der Waals surface area contributed by atoms with Crippen molar-refractivity contribution in [3.8, 4) is 0 Å². The highest BCUT2D eigenvalue weighted by Gasteiger charge is 2.66. The van der Waals surface area contributed by atoms with Gasteiger partial charge in [0, 0.05) is 17.8 Å². The first-order chi connectivity index (χ1) is 20.0. The molecule has 11 nitrogen and oxygen atoms in total. The van der Waals surface area contributed by atoms with Gasteiger partial charge in [0.1, 0.15) is 34.3 Å². The molecule has 0 saturated carbocycles. The van der Waals surface area contributed by atoms with Gasteiger partial charge in [-0.1, -0.05) is 0 Å². The van der Waals surface area contributed by atoms with Crippen molar-refractivity contribution < 1.29 is 50.2 Å². The Balaban J connectivity index is 1.79. The maximum Gasteiger partial charge on any atom is 0.415 e. The Kier molecular flexibility index (Phi) is 8.41. The van der Waals surface area contributed by atoms with Crippen LogP contribution in [0.25, 0.3) is 0 Å². The molecule has 0 bridgehead atoms. The molecule has 2 aliphatic heterocycles. The van der Waals surface area contributed by atoms with Crippen molar-refractivity contribution in [3.63, 3.8) is 0 Å². The number of guanidine groups is 1. The number of carbonyl (C=O) groups is 3. The van der Waals surface area contributed by atoms with Gasteiger partial charge in [-0.05, 0) is 45.9 Å². The van der Waals surface area contributed by atoms with Crippen molar-refractivity contribution in [3.05, 3.63) is 53.4 Å². The summed E-state index contributed by atoms with van der Waals surface area (Å²) in [4.78, 5) is 51.0. The third-order valence-corrected chi connectivity index (χ3v) is 6.46. The topological polar surface area (TPSA) is 135 Å². The van der Waals surface area contributed by atoms with Crippen LogP contribution in [0.4, 0.5) is 36.8 Å². The lowest BCUT2D eigenvalue weighted by Gasteiger charge is -2.41. The van der Waals surface area contributed by atoms with E-state index in [2.05, 4.69) is 25.6 Å². The van der Waals surface area contributed by atoms with Crippen LogP contribution >= 0.6 is 0 Å². The van der Waals surface area contributed by atoms with Gasteiger partial charge in [-0.3, -0.25) is 24.8 Å². The van der Waals surface area contributed by atoms with Crippen LogP contribution in [0.3, 0.4) is 0 Å². The summed E-state index contributed by atoms with van der Waals surface area (Å²) in [6.07, 6.45) is -10.3. The molecule has 3 atom stereocenters. The summed E-state index contributed by atoms with van der Waals surface area (Å²) >= 11 is 0. The lowest BCUT2D eigenvalue weighted by molar-refractivity contribution is -0.218. The van der Waals surface area contributed by atoms with Crippen molar-refractivity contribution in [1.82, 2.24) is 20.2 Å². The largest absolute Gasteiger partial charge is 0.444 e. The molecule has 0 radical (unpaired) electrons. The number of amides is 3. The molecule has 1 aromatic heterocycles. The summed E-state index contributed by atoms with van der Waals surface area (Å²) in [6, 6.07) is 2.87. The Morgan fingerprint density at radius 3 is 2.42 bits per heavy atom. The van der Waals surface area contributed by atoms with Crippen LogP contribution in [0.2, 0.25) is 0 Å². The number of alkyl carbamates (subject to hydrolysis) is 1. The highest BCUT2D eigenvalue weighted by Crippen LogP contribution is 2.51. The molecule has 0 aliphatic carbocycles. The second-order valence-electron chi connectivity index (χ2n) is 10.6. The van der Waals surface area contributed by atoms with Gasteiger partial charge < -0.3 is 14.8 Å².